The van der Waals surface area contributed by atoms with E-state index < -0.39 is 0 Å². The molecule has 0 atom stereocenters. The molecule has 1 aliphatic heterocycles. The summed E-state index contributed by atoms with van der Waals surface area (Å²) in [4.78, 5) is 26.7. The minimum atomic E-state index is 0.273. The Morgan fingerprint density at radius 2 is 1.95 bits per heavy atom. The van der Waals surface area contributed by atoms with E-state index in [4.69, 9.17) is 0 Å². The molecule has 1 saturated heterocycles. The first-order valence-corrected chi connectivity index (χ1v) is 7.57. The van der Waals surface area contributed by atoms with E-state index in [0.717, 1.165) is 37.7 Å². The molecule has 0 amide bonds. The molecule has 2 aromatic heterocycles. The molecule has 1 aliphatic rings. The van der Waals surface area contributed by atoms with Crippen molar-refractivity contribution >= 4 is 11.6 Å². The van der Waals surface area contributed by atoms with Crippen LogP contribution in [0.1, 0.15) is 31.3 Å². The molecule has 2 aromatic rings. The van der Waals surface area contributed by atoms with Crippen molar-refractivity contribution in [2.24, 2.45) is 11.1 Å². The zero-order valence-corrected chi connectivity index (χ0v) is 13.2. The van der Waals surface area contributed by atoms with E-state index in [1.165, 1.54) is 0 Å². The summed E-state index contributed by atoms with van der Waals surface area (Å²) >= 11 is 0. The third-order valence-electron chi connectivity index (χ3n) is 4.24. The molecule has 7 nitrogen and oxygen atoms in total. The largest absolute Gasteiger partial charge is 0.341 e. The van der Waals surface area contributed by atoms with Crippen LogP contribution in [0.5, 0.6) is 0 Å². The number of nitrogens with zero attached hydrogens (tertiary/aromatic N) is 6. The zero-order valence-electron chi connectivity index (χ0n) is 13.2. The number of anilines is 1. The molecule has 3 heterocycles. The number of rotatable bonds is 3. The van der Waals surface area contributed by atoms with Crippen molar-refractivity contribution in [2.45, 2.75) is 33.6 Å². The molecule has 0 radical (unpaired) electrons. The van der Waals surface area contributed by atoms with Crippen molar-refractivity contribution < 1.29 is 0 Å². The highest BCUT2D eigenvalue weighted by atomic mass is 16.3. The summed E-state index contributed by atoms with van der Waals surface area (Å²) in [5.74, 6) is 2.68. The fourth-order valence-electron chi connectivity index (χ4n) is 2.76. The molecule has 0 aromatic carbocycles. The van der Waals surface area contributed by atoms with Crippen LogP contribution in [0.15, 0.2) is 17.6 Å². The van der Waals surface area contributed by atoms with Crippen LogP contribution in [-0.2, 0) is 0 Å². The smallest absolute Gasteiger partial charge is 0.227 e. The highest BCUT2D eigenvalue weighted by Gasteiger charge is 2.22. The van der Waals surface area contributed by atoms with Crippen molar-refractivity contribution in [3.63, 3.8) is 0 Å². The van der Waals surface area contributed by atoms with Crippen molar-refractivity contribution in [3.05, 3.63) is 28.8 Å². The van der Waals surface area contributed by atoms with Crippen LogP contribution in [0.4, 0.5) is 11.6 Å². The van der Waals surface area contributed by atoms with Crippen molar-refractivity contribution in [2.75, 3.05) is 18.0 Å². The lowest BCUT2D eigenvalue weighted by molar-refractivity contribution is 0.434. The molecule has 22 heavy (non-hydrogen) atoms. The lowest BCUT2D eigenvalue weighted by Gasteiger charge is -2.30. The van der Waals surface area contributed by atoms with E-state index in [9.17, 15) is 4.91 Å². The lowest BCUT2D eigenvalue weighted by Crippen LogP contribution is -2.34. The van der Waals surface area contributed by atoms with Gasteiger partial charge in [0.15, 0.2) is 11.5 Å². The Morgan fingerprint density at radius 1 is 1.23 bits per heavy atom. The van der Waals surface area contributed by atoms with Gasteiger partial charge in [-0.25, -0.2) is 9.97 Å². The van der Waals surface area contributed by atoms with E-state index in [1.54, 1.807) is 23.9 Å². The van der Waals surface area contributed by atoms with E-state index in [-0.39, 0.29) is 5.69 Å². The number of piperidine rings is 1. The van der Waals surface area contributed by atoms with E-state index >= 15 is 0 Å². The van der Waals surface area contributed by atoms with Gasteiger partial charge in [0, 0.05) is 25.5 Å². The molecule has 0 spiro atoms. The Hall–Kier alpha value is -2.31. The van der Waals surface area contributed by atoms with Gasteiger partial charge in [0.1, 0.15) is 5.82 Å². The predicted molar refractivity (Wildman–Crippen MR) is 84.7 cm³/mol. The molecule has 116 valence electrons. The van der Waals surface area contributed by atoms with Gasteiger partial charge in [-0.15, -0.1) is 4.91 Å². The summed E-state index contributed by atoms with van der Waals surface area (Å²) in [6, 6.07) is 0. The summed E-state index contributed by atoms with van der Waals surface area (Å²) < 4.78 is 1.78. The molecular formula is C15H20N6O. The summed E-state index contributed by atoms with van der Waals surface area (Å²) in [5.41, 5.74) is 0.872. The van der Waals surface area contributed by atoms with Crippen molar-refractivity contribution in [1.29, 1.82) is 0 Å². The van der Waals surface area contributed by atoms with Gasteiger partial charge in [0.2, 0.25) is 5.95 Å². The fourth-order valence-corrected chi connectivity index (χ4v) is 2.76. The molecule has 7 heteroatoms. The third-order valence-corrected chi connectivity index (χ3v) is 4.24. The number of imidazole rings is 1. The minimum absolute atomic E-state index is 0.273. The van der Waals surface area contributed by atoms with Crippen molar-refractivity contribution in [3.8, 4) is 5.82 Å². The third kappa shape index (κ3) is 2.58. The average Bonchev–Trinajstić information content (AvgIpc) is 2.93. The first-order chi connectivity index (χ1) is 10.6. The Kier molecular flexibility index (Phi) is 3.87. The second kappa shape index (κ2) is 5.82. The summed E-state index contributed by atoms with van der Waals surface area (Å²) in [7, 11) is 0. The monoisotopic (exact) mass is 300 g/mol. The van der Waals surface area contributed by atoms with Crippen LogP contribution in [0.3, 0.4) is 0 Å². The van der Waals surface area contributed by atoms with Gasteiger partial charge in [-0.3, -0.25) is 4.57 Å². The normalized spacial score (nSPS) is 16.0. The number of aryl methyl sites for hydroxylation is 2. The average molecular weight is 300 g/mol. The van der Waals surface area contributed by atoms with E-state index in [0.29, 0.717) is 17.5 Å². The molecule has 0 aliphatic carbocycles. The predicted octanol–water partition coefficient (Wildman–Crippen LogP) is 2.91. The van der Waals surface area contributed by atoms with Crippen molar-refractivity contribution in [1.82, 2.24) is 19.5 Å². The maximum Gasteiger partial charge on any atom is 0.227 e. The Bertz CT molecular complexity index is 687. The van der Waals surface area contributed by atoms with Crippen LogP contribution in [-0.4, -0.2) is 32.6 Å². The maximum atomic E-state index is 11.2. The second-order valence-electron chi connectivity index (χ2n) is 5.89. The van der Waals surface area contributed by atoms with Crippen LogP contribution < -0.4 is 4.90 Å². The number of hydrogen-bond donors (Lipinski definition) is 0. The Labute approximate surface area is 129 Å². The van der Waals surface area contributed by atoms with Gasteiger partial charge in [0.05, 0.1) is 5.69 Å². The molecule has 0 unspecified atom stereocenters. The van der Waals surface area contributed by atoms with Gasteiger partial charge >= 0.3 is 0 Å². The standard InChI is InChI=1S/C15H20N6O/c1-10-4-7-20(8-5-10)15-17-11(2)13(19-22)14(18-15)21-9-6-16-12(21)3/h6,9-10H,4-5,7-8H2,1-3H3. The van der Waals surface area contributed by atoms with Crippen LogP contribution >= 0.6 is 0 Å². The SMILES string of the molecule is Cc1nc(N2CCC(C)CC2)nc(-n2ccnc2C)c1N=O. The molecule has 0 bridgehead atoms. The molecule has 1 fully saturated rings. The highest BCUT2D eigenvalue weighted by molar-refractivity contribution is 5.58. The van der Waals surface area contributed by atoms with E-state index in [1.807, 2.05) is 6.92 Å². The molecule has 0 saturated carbocycles. The number of aromatic nitrogens is 4. The van der Waals surface area contributed by atoms with Gasteiger partial charge in [-0.2, -0.15) is 4.98 Å². The van der Waals surface area contributed by atoms with Crippen LogP contribution in [0, 0.1) is 24.7 Å². The topological polar surface area (TPSA) is 76.3 Å². The zero-order chi connectivity index (χ0) is 15.7. The lowest BCUT2D eigenvalue weighted by atomic mass is 10.00. The molecule has 0 N–H and O–H groups in total. The molecular weight excluding hydrogens is 280 g/mol. The van der Waals surface area contributed by atoms with Crippen LogP contribution in [0.2, 0.25) is 0 Å². The van der Waals surface area contributed by atoms with Gasteiger partial charge in [-0.1, -0.05) is 6.92 Å². The number of nitroso groups, excluding NO2 is 1. The molecule has 3 rings (SSSR count). The first kappa shape index (κ1) is 14.6. The van der Waals surface area contributed by atoms with E-state index in [2.05, 4.69) is 32.0 Å². The van der Waals surface area contributed by atoms with Gasteiger partial charge < -0.3 is 4.90 Å². The summed E-state index contributed by atoms with van der Waals surface area (Å²) in [6.45, 7) is 7.81. The Morgan fingerprint density at radius 3 is 2.55 bits per heavy atom. The van der Waals surface area contributed by atoms with Gasteiger partial charge in [-0.05, 0) is 37.8 Å². The second-order valence-corrected chi connectivity index (χ2v) is 5.89. The van der Waals surface area contributed by atoms with Crippen LogP contribution in [0.25, 0.3) is 5.82 Å². The first-order valence-electron chi connectivity index (χ1n) is 7.57. The summed E-state index contributed by atoms with van der Waals surface area (Å²) in [5, 5.41) is 3.12. The minimum Gasteiger partial charge on any atom is -0.341 e. The van der Waals surface area contributed by atoms with Gasteiger partial charge in [0.25, 0.3) is 0 Å². The summed E-state index contributed by atoms with van der Waals surface area (Å²) in [6.07, 6.45) is 5.74. The quantitative estimate of drug-likeness (QED) is 0.815. The fraction of sp³-hybridized carbons (Fsp3) is 0.533. The maximum absolute atomic E-state index is 11.2. The number of hydrogen-bond acceptors (Lipinski definition) is 6. The Balaban J connectivity index is 2.05. The highest BCUT2D eigenvalue weighted by Crippen LogP contribution is 2.29.